The summed E-state index contributed by atoms with van der Waals surface area (Å²) in [5.41, 5.74) is 0.246. The molecule has 1 fully saturated rings. The maximum absolute atomic E-state index is 11.8. The van der Waals surface area contributed by atoms with Gasteiger partial charge in [0.2, 0.25) is 0 Å². The third kappa shape index (κ3) is 3.43. The van der Waals surface area contributed by atoms with Gasteiger partial charge in [0.05, 0.1) is 11.5 Å². The number of sulfone groups is 1. The van der Waals surface area contributed by atoms with E-state index < -0.39 is 9.84 Å². The summed E-state index contributed by atoms with van der Waals surface area (Å²) in [7, 11) is -2.91. The van der Waals surface area contributed by atoms with Crippen LogP contribution in [0.3, 0.4) is 0 Å². The van der Waals surface area contributed by atoms with Crippen LogP contribution in [0.2, 0.25) is 5.15 Å². The molecule has 0 atom stereocenters. The average Bonchev–Trinajstić information content (AvgIpc) is 2.32. The van der Waals surface area contributed by atoms with Crippen molar-refractivity contribution in [2.24, 2.45) is 0 Å². The SMILES string of the molecule is O=C(NC1CCS(=O)(=O)CC1)c1cccc(Cl)n1. The Morgan fingerprint density at radius 1 is 1.33 bits per heavy atom. The highest BCUT2D eigenvalue weighted by atomic mass is 35.5. The van der Waals surface area contributed by atoms with E-state index in [4.69, 9.17) is 11.6 Å². The molecule has 1 N–H and O–H groups in total. The van der Waals surface area contributed by atoms with Crippen LogP contribution in [0, 0.1) is 0 Å². The molecule has 18 heavy (non-hydrogen) atoms. The van der Waals surface area contributed by atoms with Crippen LogP contribution < -0.4 is 5.32 Å². The normalized spacial score (nSPS) is 19.4. The highest BCUT2D eigenvalue weighted by molar-refractivity contribution is 7.91. The molecule has 0 aromatic carbocycles. The van der Waals surface area contributed by atoms with E-state index in [2.05, 4.69) is 10.3 Å². The first-order valence-electron chi connectivity index (χ1n) is 5.60. The van der Waals surface area contributed by atoms with E-state index in [0.29, 0.717) is 12.8 Å². The summed E-state index contributed by atoms with van der Waals surface area (Å²) in [6, 6.07) is 4.70. The Balaban J connectivity index is 1.97. The molecule has 0 bridgehead atoms. The van der Waals surface area contributed by atoms with Gasteiger partial charge in [-0.05, 0) is 25.0 Å². The van der Waals surface area contributed by atoms with Gasteiger partial charge in [-0.2, -0.15) is 0 Å². The smallest absolute Gasteiger partial charge is 0.270 e. The maximum Gasteiger partial charge on any atom is 0.270 e. The van der Waals surface area contributed by atoms with Gasteiger partial charge in [0, 0.05) is 6.04 Å². The fraction of sp³-hybridized carbons (Fsp3) is 0.455. The van der Waals surface area contributed by atoms with Crippen LogP contribution in [0.1, 0.15) is 23.3 Å². The topological polar surface area (TPSA) is 76.1 Å². The molecule has 0 saturated carbocycles. The first-order valence-corrected chi connectivity index (χ1v) is 7.80. The summed E-state index contributed by atoms with van der Waals surface area (Å²) in [5, 5.41) is 3.03. The molecule has 1 aliphatic heterocycles. The van der Waals surface area contributed by atoms with Gasteiger partial charge < -0.3 is 5.32 Å². The summed E-state index contributed by atoms with van der Waals surface area (Å²) in [6.45, 7) is 0. The zero-order valence-electron chi connectivity index (χ0n) is 9.60. The fourth-order valence-electron chi connectivity index (χ4n) is 1.83. The second-order valence-corrected chi connectivity index (χ2v) is 6.94. The van der Waals surface area contributed by atoms with Crippen molar-refractivity contribution in [2.75, 3.05) is 11.5 Å². The van der Waals surface area contributed by atoms with Gasteiger partial charge in [-0.3, -0.25) is 4.79 Å². The molecule has 0 spiro atoms. The minimum absolute atomic E-state index is 0.109. The Kier molecular flexibility index (Phi) is 3.87. The van der Waals surface area contributed by atoms with Crippen molar-refractivity contribution in [3.8, 4) is 0 Å². The second kappa shape index (κ2) is 5.24. The van der Waals surface area contributed by atoms with Crippen LogP contribution in [-0.2, 0) is 9.84 Å². The van der Waals surface area contributed by atoms with E-state index in [9.17, 15) is 13.2 Å². The van der Waals surface area contributed by atoms with Crippen LogP contribution in [0.4, 0.5) is 0 Å². The Bertz CT molecular complexity index is 545. The number of halogens is 1. The van der Waals surface area contributed by atoms with E-state index in [1.807, 2.05) is 0 Å². The predicted molar refractivity (Wildman–Crippen MR) is 68.4 cm³/mol. The lowest BCUT2D eigenvalue weighted by Gasteiger charge is -2.22. The number of rotatable bonds is 2. The summed E-state index contributed by atoms with van der Waals surface area (Å²) in [5.74, 6) is -0.0660. The summed E-state index contributed by atoms with van der Waals surface area (Å²) < 4.78 is 22.5. The minimum Gasteiger partial charge on any atom is -0.348 e. The number of carbonyl (C=O) groups is 1. The molecule has 1 aromatic heterocycles. The number of nitrogens with zero attached hydrogens (tertiary/aromatic N) is 1. The standard InChI is InChI=1S/C11H13ClN2O3S/c12-10-3-1-2-9(14-10)11(15)13-8-4-6-18(16,17)7-5-8/h1-3,8H,4-7H2,(H,13,15). The number of carbonyl (C=O) groups excluding carboxylic acids is 1. The Morgan fingerprint density at radius 2 is 2.00 bits per heavy atom. The molecule has 2 heterocycles. The van der Waals surface area contributed by atoms with Crippen molar-refractivity contribution < 1.29 is 13.2 Å². The van der Waals surface area contributed by atoms with Gasteiger partial charge in [0.15, 0.2) is 0 Å². The molecule has 1 amide bonds. The van der Waals surface area contributed by atoms with Gasteiger partial charge in [0.1, 0.15) is 20.7 Å². The van der Waals surface area contributed by atoms with Gasteiger partial charge in [0.25, 0.3) is 5.91 Å². The molecule has 0 radical (unpaired) electrons. The molecule has 98 valence electrons. The lowest BCUT2D eigenvalue weighted by molar-refractivity contribution is 0.0929. The quantitative estimate of drug-likeness (QED) is 0.825. The zero-order chi connectivity index (χ0) is 13.2. The Morgan fingerprint density at radius 3 is 2.61 bits per heavy atom. The first-order chi connectivity index (χ1) is 8.46. The molecule has 0 aliphatic carbocycles. The van der Waals surface area contributed by atoms with Gasteiger partial charge in [-0.1, -0.05) is 17.7 Å². The molecular formula is C11H13ClN2O3S. The number of aromatic nitrogens is 1. The van der Waals surface area contributed by atoms with Crippen molar-refractivity contribution in [1.29, 1.82) is 0 Å². The lowest BCUT2D eigenvalue weighted by Crippen LogP contribution is -2.41. The number of pyridine rings is 1. The van der Waals surface area contributed by atoms with Crippen LogP contribution in [0.15, 0.2) is 18.2 Å². The lowest BCUT2D eigenvalue weighted by atomic mass is 10.1. The van der Waals surface area contributed by atoms with E-state index in [-0.39, 0.29) is 34.3 Å². The molecule has 1 aromatic rings. The van der Waals surface area contributed by atoms with Crippen LogP contribution >= 0.6 is 11.6 Å². The average molecular weight is 289 g/mol. The van der Waals surface area contributed by atoms with E-state index in [1.54, 1.807) is 18.2 Å². The number of hydrogen-bond acceptors (Lipinski definition) is 4. The predicted octanol–water partition coefficient (Wildman–Crippen LogP) is 1.04. The second-order valence-electron chi connectivity index (χ2n) is 4.25. The van der Waals surface area contributed by atoms with Gasteiger partial charge in [-0.25, -0.2) is 13.4 Å². The van der Waals surface area contributed by atoms with Crippen molar-refractivity contribution in [1.82, 2.24) is 10.3 Å². The van der Waals surface area contributed by atoms with Crippen LogP contribution in [0.5, 0.6) is 0 Å². The fourth-order valence-corrected chi connectivity index (χ4v) is 3.48. The minimum atomic E-state index is -2.91. The van der Waals surface area contributed by atoms with Gasteiger partial charge in [-0.15, -0.1) is 0 Å². The highest BCUT2D eigenvalue weighted by Gasteiger charge is 2.25. The number of nitrogens with one attached hydrogen (secondary N) is 1. The number of amides is 1. The van der Waals surface area contributed by atoms with E-state index in [0.717, 1.165) is 0 Å². The van der Waals surface area contributed by atoms with E-state index in [1.165, 1.54) is 0 Å². The van der Waals surface area contributed by atoms with Crippen LogP contribution in [-0.4, -0.2) is 36.9 Å². The highest BCUT2D eigenvalue weighted by Crippen LogP contribution is 2.13. The molecule has 2 rings (SSSR count). The molecule has 7 heteroatoms. The third-order valence-electron chi connectivity index (χ3n) is 2.84. The molecule has 5 nitrogen and oxygen atoms in total. The van der Waals surface area contributed by atoms with Crippen molar-refractivity contribution in [3.05, 3.63) is 29.0 Å². The number of hydrogen-bond donors (Lipinski definition) is 1. The maximum atomic E-state index is 11.8. The third-order valence-corrected chi connectivity index (χ3v) is 4.76. The Hall–Kier alpha value is -1.14. The molecule has 0 unspecified atom stereocenters. The van der Waals surface area contributed by atoms with Gasteiger partial charge >= 0.3 is 0 Å². The summed E-state index contributed by atoms with van der Waals surface area (Å²) in [6.07, 6.45) is 0.906. The van der Waals surface area contributed by atoms with Crippen molar-refractivity contribution >= 4 is 27.3 Å². The largest absolute Gasteiger partial charge is 0.348 e. The molecular weight excluding hydrogens is 276 g/mol. The van der Waals surface area contributed by atoms with E-state index >= 15 is 0 Å². The van der Waals surface area contributed by atoms with Crippen molar-refractivity contribution in [2.45, 2.75) is 18.9 Å². The van der Waals surface area contributed by atoms with Crippen molar-refractivity contribution in [3.63, 3.8) is 0 Å². The monoisotopic (exact) mass is 288 g/mol. The summed E-state index contributed by atoms with van der Waals surface area (Å²) >= 11 is 5.70. The molecule has 1 aliphatic rings. The zero-order valence-corrected chi connectivity index (χ0v) is 11.2. The first kappa shape index (κ1) is 13.3. The summed E-state index contributed by atoms with van der Waals surface area (Å²) in [4.78, 5) is 15.7. The molecule has 1 saturated heterocycles. The van der Waals surface area contributed by atoms with Crippen LogP contribution in [0.25, 0.3) is 0 Å². The Labute approximate surface area is 110 Å².